The molecule has 2 aromatic rings. The van der Waals surface area contributed by atoms with E-state index in [9.17, 15) is 0 Å². The lowest BCUT2D eigenvalue weighted by Gasteiger charge is -2.12. The van der Waals surface area contributed by atoms with Gasteiger partial charge < -0.3 is 14.8 Å². The Kier molecular flexibility index (Phi) is 5.09. The first-order valence-corrected chi connectivity index (χ1v) is 7.07. The zero-order valence-corrected chi connectivity index (χ0v) is 13.5. The quantitative estimate of drug-likeness (QED) is 0.891. The van der Waals surface area contributed by atoms with Crippen molar-refractivity contribution < 1.29 is 9.47 Å². The van der Waals surface area contributed by atoms with Crippen molar-refractivity contribution in [2.75, 3.05) is 14.2 Å². The molecule has 0 saturated carbocycles. The molecular weight excluding hydrogens is 290 g/mol. The highest BCUT2D eigenvalue weighted by Gasteiger charge is 2.13. The zero-order valence-electron chi connectivity index (χ0n) is 12.7. The van der Waals surface area contributed by atoms with Crippen LogP contribution in [0.25, 0.3) is 0 Å². The molecule has 0 aliphatic carbocycles. The summed E-state index contributed by atoms with van der Waals surface area (Å²) in [6.07, 6.45) is 0. The molecule has 1 N–H and O–H groups in total. The van der Waals surface area contributed by atoms with Crippen LogP contribution in [0, 0.1) is 6.92 Å². The fourth-order valence-corrected chi connectivity index (χ4v) is 2.34. The monoisotopic (exact) mass is 309 g/mol. The van der Waals surface area contributed by atoms with Gasteiger partial charge in [0.2, 0.25) is 0 Å². The van der Waals surface area contributed by atoms with E-state index in [0.29, 0.717) is 23.1 Å². The Morgan fingerprint density at radius 1 is 1.33 bits per heavy atom. The fourth-order valence-electron chi connectivity index (χ4n) is 2.13. The van der Waals surface area contributed by atoms with Gasteiger partial charge in [-0.1, -0.05) is 17.7 Å². The Balaban J connectivity index is 2.16. The van der Waals surface area contributed by atoms with Gasteiger partial charge in [-0.25, -0.2) is 0 Å². The van der Waals surface area contributed by atoms with E-state index in [1.54, 1.807) is 11.8 Å². The van der Waals surface area contributed by atoms with Crippen molar-refractivity contribution >= 4 is 11.6 Å². The molecule has 1 aromatic carbocycles. The SMILES string of the molecule is CNCc1ccc(OCc2c(Cl)c(C)nn2C)c(OC)c1. The van der Waals surface area contributed by atoms with Crippen LogP contribution in [0.5, 0.6) is 11.5 Å². The zero-order chi connectivity index (χ0) is 15.4. The summed E-state index contributed by atoms with van der Waals surface area (Å²) in [5.41, 5.74) is 2.78. The van der Waals surface area contributed by atoms with Crippen LogP contribution in [-0.2, 0) is 20.2 Å². The fraction of sp³-hybridized carbons (Fsp3) is 0.400. The van der Waals surface area contributed by atoms with Crippen LogP contribution in [0.4, 0.5) is 0 Å². The van der Waals surface area contributed by atoms with Crippen molar-refractivity contribution in [3.05, 3.63) is 40.2 Å². The van der Waals surface area contributed by atoms with Gasteiger partial charge in [-0.15, -0.1) is 0 Å². The maximum Gasteiger partial charge on any atom is 0.161 e. The van der Waals surface area contributed by atoms with Gasteiger partial charge in [0.15, 0.2) is 11.5 Å². The third-order valence-electron chi connectivity index (χ3n) is 3.23. The molecular formula is C15H20ClN3O2. The molecule has 0 aliphatic heterocycles. The Labute approximate surface area is 129 Å². The molecule has 114 valence electrons. The molecule has 2 rings (SSSR count). The van der Waals surface area contributed by atoms with E-state index in [1.807, 2.05) is 39.2 Å². The summed E-state index contributed by atoms with van der Waals surface area (Å²) in [7, 11) is 5.39. The van der Waals surface area contributed by atoms with Crippen LogP contribution in [0.3, 0.4) is 0 Å². The van der Waals surface area contributed by atoms with Crippen molar-refractivity contribution in [2.45, 2.75) is 20.1 Å². The number of hydrogen-bond donors (Lipinski definition) is 1. The first-order valence-electron chi connectivity index (χ1n) is 6.69. The van der Waals surface area contributed by atoms with E-state index < -0.39 is 0 Å². The highest BCUT2D eigenvalue weighted by molar-refractivity contribution is 6.31. The van der Waals surface area contributed by atoms with Crippen molar-refractivity contribution in [2.24, 2.45) is 7.05 Å². The maximum atomic E-state index is 6.22. The van der Waals surface area contributed by atoms with Gasteiger partial charge >= 0.3 is 0 Å². The molecule has 0 amide bonds. The average Bonchev–Trinajstić information content (AvgIpc) is 2.71. The second kappa shape index (κ2) is 6.83. The highest BCUT2D eigenvalue weighted by Crippen LogP contribution is 2.30. The summed E-state index contributed by atoms with van der Waals surface area (Å²) in [5, 5.41) is 8.02. The van der Waals surface area contributed by atoms with Gasteiger partial charge in [0.05, 0.1) is 23.5 Å². The number of rotatable bonds is 6. The minimum absolute atomic E-state index is 0.345. The van der Waals surface area contributed by atoms with Crippen LogP contribution in [0.2, 0.25) is 5.02 Å². The van der Waals surface area contributed by atoms with Gasteiger partial charge in [-0.05, 0) is 31.7 Å². The Hall–Kier alpha value is -1.72. The second-order valence-corrected chi connectivity index (χ2v) is 5.15. The molecule has 0 aliphatic rings. The van der Waals surface area contributed by atoms with E-state index in [2.05, 4.69) is 10.4 Å². The van der Waals surface area contributed by atoms with Gasteiger partial charge in [-0.2, -0.15) is 5.10 Å². The normalized spacial score (nSPS) is 10.7. The van der Waals surface area contributed by atoms with Gasteiger partial charge in [-0.3, -0.25) is 4.68 Å². The lowest BCUT2D eigenvalue weighted by Crippen LogP contribution is -2.06. The van der Waals surface area contributed by atoms with Crippen molar-refractivity contribution in [3.8, 4) is 11.5 Å². The summed E-state index contributed by atoms with van der Waals surface area (Å²) in [6, 6.07) is 5.87. The summed E-state index contributed by atoms with van der Waals surface area (Å²) >= 11 is 6.22. The van der Waals surface area contributed by atoms with E-state index in [0.717, 1.165) is 23.5 Å². The van der Waals surface area contributed by atoms with Crippen LogP contribution >= 0.6 is 11.6 Å². The molecule has 1 aromatic heterocycles. The third-order valence-corrected chi connectivity index (χ3v) is 3.73. The Morgan fingerprint density at radius 3 is 2.67 bits per heavy atom. The molecule has 0 radical (unpaired) electrons. The molecule has 0 unspecified atom stereocenters. The maximum absolute atomic E-state index is 6.22. The lowest BCUT2D eigenvalue weighted by atomic mass is 10.2. The van der Waals surface area contributed by atoms with Crippen LogP contribution in [-0.4, -0.2) is 23.9 Å². The first kappa shape index (κ1) is 15.7. The van der Waals surface area contributed by atoms with Crippen molar-refractivity contribution in [3.63, 3.8) is 0 Å². The second-order valence-electron chi connectivity index (χ2n) is 4.77. The summed E-state index contributed by atoms with van der Waals surface area (Å²) in [6.45, 7) is 3.00. The van der Waals surface area contributed by atoms with Crippen LogP contribution in [0.1, 0.15) is 17.0 Å². The van der Waals surface area contributed by atoms with Crippen molar-refractivity contribution in [1.29, 1.82) is 0 Å². The van der Waals surface area contributed by atoms with E-state index in [-0.39, 0.29) is 0 Å². The highest BCUT2D eigenvalue weighted by atomic mass is 35.5. The Morgan fingerprint density at radius 2 is 2.10 bits per heavy atom. The Bertz CT molecular complexity index is 626. The number of methoxy groups -OCH3 is 1. The minimum Gasteiger partial charge on any atom is -0.493 e. The molecule has 0 spiro atoms. The smallest absolute Gasteiger partial charge is 0.161 e. The third kappa shape index (κ3) is 3.49. The number of halogens is 1. The number of nitrogens with zero attached hydrogens (tertiary/aromatic N) is 2. The first-order chi connectivity index (χ1) is 10.1. The number of benzene rings is 1. The molecule has 0 atom stereocenters. The van der Waals surface area contributed by atoms with E-state index in [1.165, 1.54) is 0 Å². The van der Waals surface area contributed by atoms with Crippen LogP contribution in [0.15, 0.2) is 18.2 Å². The number of nitrogens with one attached hydrogen (secondary N) is 1. The van der Waals surface area contributed by atoms with Gasteiger partial charge in [0.1, 0.15) is 6.61 Å². The number of aryl methyl sites for hydroxylation is 2. The van der Waals surface area contributed by atoms with E-state index >= 15 is 0 Å². The van der Waals surface area contributed by atoms with E-state index in [4.69, 9.17) is 21.1 Å². The number of aromatic nitrogens is 2. The summed E-state index contributed by atoms with van der Waals surface area (Å²) in [5.74, 6) is 1.39. The number of ether oxygens (including phenoxy) is 2. The predicted molar refractivity (Wildman–Crippen MR) is 83.0 cm³/mol. The minimum atomic E-state index is 0.345. The molecule has 6 heteroatoms. The summed E-state index contributed by atoms with van der Waals surface area (Å²) in [4.78, 5) is 0. The summed E-state index contributed by atoms with van der Waals surface area (Å²) < 4.78 is 12.9. The standard InChI is InChI=1S/C15H20ClN3O2/c1-10-15(16)12(19(3)18-10)9-21-13-6-5-11(8-17-2)7-14(13)20-4/h5-7,17H,8-9H2,1-4H3. The lowest BCUT2D eigenvalue weighted by molar-refractivity contribution is 0.275. The predicted octanol–water partition coefficient (Wildman–Crippen LogP) is 2.69. The topological polar surface area (TPSA) is 48.3 Å². The molecule has 21 heavy (non-hydrogen) atoms. The largest absolute Gasteiger partial charge is 0.493 e. The molecule has 5 nitrogen and oxygen atoms in total. The number of hydrogen-bond acceptors (Lipinski definition) is 4. The van der Waals surface area contributed by atoms with Crippen LogP contribution < -0.4 is 14.8 Å². The molecule has 0 bridgehead atoms. The molecule has 0 fully saturated rings. The molecule has 1 heterocycles. The van der Waals surface area contributed by atoms with Gasteiger partial charge in [0, 0.05) is 13.6 Å². The van der Waals surface area contributed by atoms with Gasteiger partial charge in [0.25, 0.3) is 0 Å². The van der Waals surface area contributed by atoms with Crippen molar-refractivity contribution in [1.82, 2.24) is 15.1 Å². The molecule has 0 saturated heterocycles. The average molecular weight is 310 g/mol.